The fourth-order valence-electron chi connectivity index (χ4n) is 0.631. The van der Waals surface area contributed by atoms with Crippen molar-refractivity contribution in [2.75, 3.05) is 13.2 Å². The third kappa shape index (κ3) is 11.1. The number of phosphoric acid groups is 1. The van der Waals surface area contributed by atoms with Crippen molar-refractivity contribution in [3.63, 3.8) is 0 Å². The molecule has 0 aromatic heterocycles. The quantitative estimate of drug-likeness (QED) is 0.275. The van der Waals surface area contributed by atoms with Gasteiger partial charge in [0.2, 0.25) is 0 Å². The zero-order valence-corrected chi connectivity index (χ0v) is 13.9. The van der Waals surface area contributed by atoms with E-state index >= 15 is 0 Å². The molecule has 0 radical (unpaired) electrons. The summed E-state index contributed by atoms with van der Waals surface area (Å²) in [4.78, 5) is 19.9. The fourth-order valence-corrected chi connectivity index (χ4v) is 0.966. The molecular formula is C5H11Na2O8P. The maximum absolute atomic E-state index is 9.94. The van der Waals surface area contributed by atoms with Gasteiger partial charge in [0.1, 0.15) is 18.3 Å². The normalized spacial score (nSPS) is 16.6. The summed E-state index contributed by atoms with van der Waals surface area (Å²) in [6.45, 7) is -1.78. The van der Waals surface area contributed by atoms with Crippen molar-refractivity contribution in [3.05, 3.63) is 0 Å². The fraction of sp³-hybridized carbons (Fsp3) is 1.00. The van der Waals surface area contributed by atoms with Crippen molar-refractivity contribution < 1.29 is 98.4 Å². The second-order valence-corrected chi connectivity index (χ2v) is 3.70. The average molecular weight is 276 g/mol. The van der Waals surface area contributed by atoms with Gasteiger partial charge in [-0.3, -0.25) is 0 Å². The van der Waals surface area contributed by atoms with Crippen LogP contribution in [0.2, 0.25) is 0 Å². The predicted octanol–water partition coefficient (Wildman–Crippen LogP) is -10.1. The molecule has 0 heterocycles. The largest absolute Gasteiger partial charge is 1.00 e. The van der Waals surface area contributed by atoms with Gasteiger partial charge in [-0.1, -0.05) is 0 Å². The first-order chi connectivity index (χ1) is 6.28. The van der Waals surface area contributed by atoms with Gasteiger partial charge in [-0.2, -0.15) is 0 Å². The molecule has 0 unspecified atom stereocenters. The van der Waals surface area contributed by atoms with Crippen LogP contribution in [0.15, 0.2) is 0 Å². The van der Waals surface area contributed by atoms with Crippen LogP contribution in [0.25, 0.3) is 0 Å². The third-order valence-electron chi connectivity index (χ3n) is 1.38. The smallest absolute Gasteiger partial charge is 0.790 e. The summed E-state index contributed by atoms with van der Waals surface area (Å²) in [5, 5.41) is 35.0. The molecule has 0 bridgehead atoms. The molecule has 0 rings (SSSR count). The van der Waals surface area contributed by atoms with Crippen molar-refractivity contribution in [1.82, 2.24) is 0 Å². The van der Waals surface area contributed by atoms with Crippen LogP contribution in [0.3, 0.4) is 0 Å². The number of aliphatic hydroxyl groups is 4. The van der Waals surface area contributed by atoms with Gasteiger partial charge in [-0.25, -0.2) is 0 Å². The topological polar surface area (TPSA) is 153 Å². The summed E-state index contributed by atoms with van der Waals surface area (Å²) >= 11 is 0. The van der Waals surface area contributed by atoms with E-state index in [9.17, 15) is 14.4 Å². The van der Waals surface area contributed by atoms with E-state index in [1.54, 1.807) is 0 Å². The number of hydrogen-bond acceptors (Lipinski definition) is 8. The Balaban J connectivity index is -0.000000845. The van der Waals surface area contributed by atoms with E-state index in [2.05, 4.69) is 4.52 Å². The second-order valence-electron chi connectivity index (χ2n) is 2.55. The Labute approximate surface area is 136 Å². The van der Waals surface area contributed by atoms with E-state index in [0.717, 1.165) is 0 Å². The molecule has 86 valence electrons. The zero-order valence-electron chi connectivity index (χ0n) is 9.02. The van der Waals surface area contributed by atoms with Gasteiger partial charge in [0, 0.05) is 0 Å². The maximum atomic E-state index is 9.94. The minimum Gasteiger partial charge on any atom is -0.790 e. The van der Waals surface area contributed by atoms with E-state index in [0.29, 0.717) is 0 Å². The van der Waals surface area contributed by atoms with Crippen LogP contribution < -0.4 is 68.9 Å². The zero-order chi connectivity index (χ0) is 11.4. The second kappa shape index (κ2) is 10.8. The maximum Gasteiger partial charge on any atom is 1.00 e. The molecule has 11 heteroatoms. The van der Waals surface area contributed by atoms with E-state index in [1.807, 2.05) is 0 Å². The molecule has 8 nitrogen and oxygen atoms in total. The first-order valence-corrected chi connectivity index (χ1v) is 5.05. The molecule has 0 aliphatic heterocycles. The molecule has 3 atom stereocenters. The van der Waals surface area contributed by atoms with Crippen LogP contribution in [0.4, 0.5) is 0 Å². The van der Waals surface area contributed by atoms with Crippen molar-refractivity contribution in [1.29, 1.82) is 0 Å². The Hall–Kier alpha value is 1.95. The molecule has 0 aromatic carbocycles. The summed E-state index contributed by atoms with van der Waals surface area (Å²) in [6.07, 6.45) is -5.19. The molecule has 0 saturated carbocycles. The van der Waals surface area contributed by atoms with E-state index in [4.69, 9.17) is 20.4 Å². The number of rotatable bonds is 6. The number of aliphatic hydroxyl groups excluding tert-OH is 4. The molecule has 4 N–H and O–H groups in total. The third-order valence-corrected chi connectivity index (χ3v) is 1.84. The van der Waals surface area contributed by atoms with Crippen LogP contribution in [-0.2, 0) is 9.09 Å². The van der Waals surface area contributed by atoms with Gasteiger partial charge >= 0.3 is 59.1 Å². The Kier molecular flexibility index (Phi) is 15.6. The van der Waals surface area contributed by atoms with Crippen molar-refractivity contribution >= 4 is 7.82 Å². The van der Waals surface area contributed by atoms with Crippen LogP contribution in [-0.4, -0.2) is 52.0 Å². The Morgan fingerprint density at radius 3 is 1.88 bits per heavy atom. The first-order valence-electron chi connectivity index (χ1n) is 3.59. The monoisotopic (exact) mass is 276 g/mol. The SMILES string of the molecule is O=P([O-])([O-])OC[C@@H](O)[C@@H](O)[C@H](O)CO.[Na+].[Na+]. The van der Waals surface area contributed by atoms with Crippen LogP contribution in [0, 0.1) is 0 Å². The van der Waals surface area contributed by atoms with Gasteiger partial charge in [-0.15, -0.1) is 0 Å². The standard InChI is InChI=1S/C5H13O8P.2Na/c6-1-3(7)5(9)4(8)2-13-14(10,11)12;;/h3-9H,1-2H2,(H2,10,11,12);;/q;2*+1/p-2/t3-,4-,5+;;/m1../s1. The predicted molar refractivity (Wildman–Crippen MR) is 38.7 cm³/mol. The van der Waals surface area contributed by atoms with Crippen LogP contribution >= 0.6 is 7.82 Å². The van der Waals surface area contributed by atoms with E-state index in [1.165, 1.54) is 0 Å². The van der Waals surface area contributed by atoms with Gasteiger partial charge < -0.3 is 39.3 Å². The molecule has 0 aliphatic rings. The summed E-state index contributed by atoms with van der Waals surface area (Å²) < 4.78 is 13.6. The summed E-state index contributed by atoms with van der Waals surface area (Å²) in [7, 11) is -5.21. The van der Waals surface area contributed by atoms with Gasteiger partial charge in [0.05, 0.1) is 21.0 Å². The molecule has 16 heavy (non-hydrogen) atoms. The van der Waals surface area contributed by atoms with Crippen molar-refractivity contribution in [3.8, 4) is 0 Å². The molecular weight excluding hydrogens is 265 g/mol. The van der Waals surface area contributed by atoms with Crippen molar-refractivity contribution in [2.24, 2.45) is 0 Å². The molecule has 0 aliphatic carbocycles. The Morgan fingerprint density at radius 1 is 1.12 bits per heavy atom. The molecule has 0 fully saturated rings. The van der Waals surface area contributed by atoms with Crippen LogP contribution in [0.5, 0.6) is 0 Å². The average Bonchev–Trinajstić information content (AvgIpc) is 2.10. The summed E-state index contributed by atoms with van der Waals surface area (Å²) in [5.74, 6) is 0. The number of hydrogen-bond donors (Lipinski definition) is 4. The van der Waals surface area contributed by atoms with Gasteiger partial charge in [-0.05, 0) is 0 Å². The molecule has 0 saturated heterocycles. The number of phosphoric ester groups is 1. The van der Waals surface area contributed by atoms with Crippen molar-refractivity contribution in [2.45, 2.75) is 18.3 Å². The van der Waals surface area contributed by atoms with Crippen LogP contribution in [0.1, 0.15) is 0 Å². The molecule has 0 amide bonds. The minimum atomic E-state index is -5.21. The Morgan fingerprint density at radius 2 is 1.56 bits per heavy atom. The Bertz CT molecular complexity index is 211. The van der Waals surface area contributed by atoms with Gasteiger partial charge in [0.15, 0.2) is 0 Å². The summed E-state index contributed by atoms with van der Waals surface area (Å²) in [5.41, 5.74) is 0. The van der Waals surface area contributed by atoms with E-state index < -0.39 is 39.3 Å². The molecule has 0 aromatic rings. The summed E-state index contributed by atoms with van der Waals surface area (Å²) in [6, 6.07) is 0. The van der Waals surface area contributed by atoms with Gasteiger partial charge in [0.25, 0.3) is 0 Å². The molecule has 0 spiro atoms. The minimum absolute atomic E-state index is 0. The van der Waals surface area contributed by atoms with E-state index in [-0.39, 0.29) is 59.1 Å². The first kappa shape index (κ1) is 23.1.